The Hall–Kier alpha value is -2.41. The molecule has 1 aromatic heterocycles. The lowest BCUT2D eigenvalue weighted by atomic mass is 9.92. The second-order valence-corrected chi connectivity index (χ2v) is 5.60. The fraction of sp³-hybridized carbons (Fsp3) is 0.286. The van der Waals surface area contributed by atoms with E-state index in [1.165, 1.54) is 0 Å². The van der Waals surface area contributed by atoms with Gasteiger partial charge in [0.05, 0.1) is 0 Å². The Morgan fingerprint density at radius 1 is 1.27 bits per heavy atom. The number of benzene rings is 1. The van der Waals surface area contributed by atoms with Gasteiger partial charge in [-0.1, -0.05) is 23.7 Å². The van der Waals surface area contributed by atoms with Crippen LogP contribution in [0, 0.1) is 6.92 Å². The van der Waals surface area contributed by atoms with Crippen LogP contribution < -0.4 is 5.32 Å². The minimum absolute atomic E-state index is 0.0608. The standard InChI is InChI=1S/C14H13ClN4O3/c1-8-17-18-11(22-8)7-19-12(20)14(2,16-13(19)21)9-3-5-10(15)6-4-9/h3-6H,7H2,1-2H3,(H,16,21). The van der Waals surface area contributed by atoms with E-state index in [0.29, 0.717) is 16.5 Å². The Bertz CT molecular complexity index is 743. The predicted octanol–water partition coefficient (Wildman–Crippen LogP) is 2.00. The molecule has 0 spiro atoms. The average Bonchev–Trinajstić information content (AvgIpc) is 2.97. The number of nitrogens with one attached hydrogen (secondary N) is 1. The molecule has 2 heterocycles. The van der Waals surface area contributed by atoms with Gasteiger partial charge in [-0.3, -0.25) is 9.69 Å². The van der Waals surface area contributed by atoms with Gasteiger partial charge in [0.2, 0.25) is 11.8 Å². The van der Waals surface area contributed by atoms with Crippen LogP contribution in [0.4, 0.5) is 4.79 Å². The summed E-state index contributed by atoms with van der Waals surface area (Å²) in [5.74, 6) is 0.208. The molecule has 22 heavy (non-hydrogen) atoms. The molecule has 2 aromatic rings. The van der Waals surface area contributed by atoms with Gasteiger partial charge >= 0.3 is 6.03 Å². The first-order valence-corrected chi connectivity index (χ1v) is 6.97. The highest BCUT2D eigenvalue weighted by Crippen LogP contribution is 2.30. The fourth-order valence-corrected chi connectivity index (χ4v) is 2.48. The third-order valence-corrected chi connectivity index (χ3v) is 3.81. The second kappa shape index (κ2) is 5.10. The van der Waals surface area contributed by atoms with E-state index in [1.807, 2.05) is 0 Å². The van der Waals surface area contributed by atoms with Gasteiger partial charge in [0, 0.05) is 11.9 Å². The molecule has 3 rings (SSSR count). The first kappa shape index (κ1) is 14.5. The molecule has 0 bridgehead atoms. The zero-order chi connectivity index (χ0) is 15.9. The molecule has 3 amide bonds. The van der Waals surface area contributed by atoms with Crippen LogP contribution in [-0.4, -0.2) is 27.0 Å². The van der Waals surface area contributed by atoms with E-state index in [-0.39, 0.29) is 18.3 Å². The minimum Gasteiger partial charge on any atom is -0.424 e. The van der Waals surface area contributed by atoms with Crippen molar-refractivity contribution in [3.63, 3.8) is 0 Å². The summed E-state index contributed by atoms with van der Waals surface area (Å²) in [5.41, 5.74) is -0.490. The maximum absolute atomic E-state index is 12.7. The molecule has 1 atom stereocenters. The number of aromatic nitrogens is 2. The van der Waals surface area contributed by atoms with E-state index in [4.69, 9.17) is 16.0 Å². The van der Waals surface area contributed by atoms with Gasteiger partial charge in [-0.05, 0) is 24.6 Å². The molecule has 1 saturated heterocycles. The summed E-state index contributed by atoms with van der Waals surface area (Å²) >= 11 is 5.86. The molecule has 0 aliphatic carbocycles. The highest BCUT2D eigenvalue weighted by atomic mass is 35.5. The first-order valence-electron chi connectivity index (χ1n) is 6.59. The van der Waals surface area contributed by atoms with Gasteiger partial charge in [-0.25, -0.2) is 4.79 Å². The molecule has 8 heteroatoms. The summed E-state index contributed by atoms with van der Waals surface area (Å²) in [6.45, 7) is 3.23. The van der Waals surface area contributed by atoms with E-state index < -0.39 is 11.6 Å². The van der Waals surface area contributed by atoms with Gasteiger partial charge in [0.15, 0.2) is 0 Å². The molecule has 1 fully saturated rings. The lowest BCUT2D eigenvalue weighted by Crippen LogP contribution is -2.40. The van der Waals surface area contributed by atoms with Crippen molar-refractivity contribution in [3.8, 4) is 0 Å². The molecule has 1 aliphatic heterocycles. The topological polar surface area (TPSA) is 88.3 Å². The Morgan fingerprint density at radius 3 is 2.55 bits per heavy atom. The molecule has 0 saturated carbocycles. The third-order valence-electron chi connectivity index (χ3n) is 3.56. The summed E-state index contributed by atoms with van der Waals surface area (Å²) in [5, 5.41) is 10.7. The average molecular weight is 321 g/mol. The van der Waals surface area contributed by atoms with E-state index in [9.17, 15) is 9.59 Å². The fourth-order valence-electron chi connectivity index (χ4n) is 2.36. The van der Waals surface area contributed by atoms with E-state index in [1.54, 1.807) is 38.1 Å². The highest BCUT2D eigenvalue weighted by Gasteiger charge is 2.49. The molecular formula is C14H13ClN4O3. The summed E-state index contributed by atoms with van der Waals surface area (Å²) < 4.78 is 5.22. The number of hydrogen-bond donors (Lipinski definition) is 1. The van der Waals surface area contributed by atoms with E-state index in [2.05, 4.69) is 15.5 Å². The SMILES string of the molecule is Cc1nnc(CN2C(=O)NC(C)(c3ccc(Cl)cc3)C2=O)o1. The summed E-state index contributed by atoms with van der Waals surface area (Å²) in [6, 6.07) is 6.26. The largest absolute Gasteiger partial charge is 0.424 e. The quantitative estimate of drug-likeness (QED) is 0.874. The number of urea groups is 1. The molecule has 0 radical (unpaired) electrons. The van der Waals surface area contributed by atoms with Crippen molar-refractivity contribution in [2.24, 2.45) is 0 Å². The molecule has 1 unspecified atom stereocenters. The number of aryl methyl sites for hydroxylation is 1. The smallest absolute Gasteiger partial charge is 0.325 e. The van der Waals surface area contributed by atoms with Crippen molar-refractivity contribution in [1.82, 2.24) is 20.4 Å². The number of carbonyl (C=O) groups is 2. The van der Waals surface area contributed by atoms with Gasteiger partial charge < -0.3 is 9.73 Å². The number of amides is 3. The number of hydrogen-bond acceptors (Lipinski definition) is 5. The van der Waals surface area contributed by atoms with Crippen molar-refractivity contribution >= 4 is 23.5 Å². The highest BCUT2D eigenvalue weighted by molar-refractivity contribution is 6.30. The van der Waals surface area contributed by atoms with Crippen molar-refractivity contribution in [2.75, 3.05) is 0 Å². The second-order valence-electron chi connectivity index (χ2n) is 5.17. The van der Waals surface area contributed by atoms with Crippen LogP contribution >= 0.6 is 11.6 Å². The normalized spacial score (nSPS) is 21.3. The van der Waals surface area contributed by atoms with Crippen LogP contribution in [0.25, 0.3) is 0 Å². The Morgan fingerprint density at radius 2 is 1.95 bits per heavy atom. The van der Waals surface area contributed by atoms with Crippen LogP contribution in [0.3, 0.4) is 0 Å². The van der Waals surface area contributed by atoms with Crippen molar-refractivity contribution in [1.29, 1.82) is 0 Å². The van der Waals surface area contributed by atoms with Gasteiger partial charge in [-0.2, -0.15) is 0 Å². The first-order chi connectivity index (χ1) is 10.4. The van der Waals surface area contributed by atoms with Crippen molar-refractivity contribution in [3.05, 3.63) is 46.6 Å². The Balaban J connectivity index is 1.88. The lowest BCUT2D eigenvalue weighted by Gasteiger charge is -2.22. The lowest BCUT2D eigenvalue weighted by molar-refractivity contribution is -0.131. The zero-order valence-electron chi connectivity index (χ0n) is 12.0. The number of imide groups is 1. The summed E-state index contributed by atoms with van der Waals surface area (Å²) in [6.07, 6.45) is 0. The third kappa shape index (κ3) is 2.33. The summed E-state index contributed by atoms with van der Waals surface area (Å²) in [7, 11) is 0. The van der Waals surface area contributed by atoms with Gasteiger partial charge in [-0.15, -0.1) is 10.2 Å². The molecule has 1 aromatic carbocycles. The number of carbonyl (C=O) groups excluding carboxylic acids is 2. The predicted molar refractivity (Wildman–Crippen MR) is 76.9 cm³/mol. The Kier molecular flexibility index (Phi) is 3.37. The summed E-state index contributed by atoms with van der Waals surface area (Å²) in [4.78, 5) is 25.8. The van der Waals surface area contributed by atoms with Crippen LogP contribution in [0.2, 0.25) is 5.02 Å². The van der Waals surface area contributed by atoms with E-state index in [0.717, 1.165) is 4.90 Å². The molecular weight excluding hydrogens is 308 g/mol. The Labute approximate surface area is 131 Å². The monoisotopic (exact) mass is 320 g/mol. The molecule has 1 aliphatic rings. The maximum atomic E-state index is 12.7. The van der Waals surface area contributed by atoms with Crippen LogP contribution in [0.15, 0.2) is 28.7 Å². The zero-order valence-corrected chi connectivity index (χ0v) is 12.7. The van der Waals surface area contributed by atoms with Crippen LogP contribution in [0.1, 0.15) is 24.3 Å². The number of nitrogens with zero attached hydrogens (tertiary/aromatic N) is 3. The van der Waals surface area contributed by atoms with Crippen molar-refractivity contribution in [2.45, 2.75) is 25.9 Å². The number of halogens is 1. The van der Waals surface area contributed by atoms with Crippen molar-refractivity contribution < 1.29 is 14.0 Å². The molecule has 7 nitrogen and oxygen atoms in total. The molecule has 114 valence electrons. The van der Waals surface area contributed by atoms with Gasteiger partial charge in [0.25, 0.3) is 5.91 Å². The van der Waals surface area contributed by atoms with Crippen LogP contribution in [0.5, 0.6) is 0 Å². The van der Waals surface area contributed by atoms with Crippen LogP contribution in [-0.2, 0) is 16.9 Å². The minimum atomic E-state index is -1.14. The van der Waals surface area contributed by atoms with Gasteiger partial charge in [0.1, 0.15) is 12.1 Å². The number of rotatable bonds is 3. The molecule has 1 N–H and O–H groups in total. The van der Waals surface area contributed by atoms with E-state index >= 15 is 0 Å². The maximum Gasteiger partial charge on any atom is 0.325 e.